The van der Waals surface area contributed by atoms with Crippen molar-refractivity contribution in [2.75, 3.05) is 13.6 Å². The van der Waals surface area contributed by atoms with Gasteiger partial charge in [-0.05, 0) is 50.9 Å². The number of rotatable bonds is 0. The molecule has 5 rings (SSSR count). The number of ketones is 1. The van der Waals surface area contributed by atoms with Gasteiger partial charge >= 0.3 is 0 Å². The third-order valence-electron chi connectivity index (χ3n) is 6.74. The van der Waals surface area contributed by atoms with E-state index in [9.17, 15) is 9.90 Å². The summed E-state index contributed by atoms with van der Waals surface area (Å²) < 4.78 is 6.19. The largest absolute Gasteiger partial charge is 0.481 e. The molecule has 1 saturated carbocycles. The first-order valence-corrected chi connectivity index (χ1v) is 8.24. The molecule has 4 nitrogen and oxygen atoms in total. The Morgan fingerprint density at radius 2 is 2.18 bits per heavy atom. The molecule has 0 amide bonds. The number of hydrogen-bond donors (Lipinski definition) is 1. The van der Waals surface area contributed by atoms with Crippen molar-refractivity contribution >= 4 is 5.78 Å². The third-order valence-corrected chi connectivity index (χ3v) is 6.74. The maximum atomic E-state index is 12.6. The minimum Gasteiger partial charge on any atom is -0.481 e. The van der Waals surface area contributed by atoms with Crippen LogP contribution in [0.5, 0.6) is 5.75 Å². The van der Waals surface area contributed by atoms with E-state index in [1.54, 1.807) is 0 Å². The van der Waals surface area contributed by atoms with E-state index in [4.69, 9.17) is 4.74 Å². The van der Waals surface area contributed by atoms with Crippen molar-refractivity contribution in [1.29, 1.82) is 0 Å². The molecular formula is C18H21NO3. The molecule has 2 aliphatic heterocycles. The summed E-state index contributed by atoms with van der Waals surface area (Å²) >= 11 is 0. The summed E-state index contributed by atoms with van der Waals surface area (Å²) in [6.45, 7) is 2.95. The first kappa shape index (κ1) is 13.1. The fourth-order valence-corrected chi connectivity index (χ4v) is 5.68. The summed E-state index contributed by atoms with van der Waals surface area (Å²) in [5.74, 6) is 1.04. The highest BCUT2D eigenvalue weighted by molar-refractivity contribution is 5.89. The lowest BCUT2D eigenvalue weighted by molar-refractivity contribution is -0.185. The van der Waals surface area contributed by atoms with Crippen molar-refractivity contribution in [3.63, 3.8) is 0 Å². The number of benzene rings is 1. The Morgan fingerprint density at radius 1 is 1.36 bits per heavy atom. The zero-order valence-electron chi connectivity index (χ0n) is 13.1. The highest BCUT2D eigenvalue weighted by Gasteiger charge is 2.72. The molecule has 2 aliphatic carbocycles. The van der Waals surface area contributed by atoms with Gasteiger partial charge in [-0.2, -0.15) is 0 Å². The molecule has 1 aromatic rings. The number of hydrogen-bond acceptors (Lipinski definition) is 4. The van der Waals surface area contributed by atoms with Gasteiger partial charge in [-0.3, -0.25) is 4.79 Å². The lowest BCUT2D eigenvalue weighted by Crippen LogP contribution is -2.76. The van der Waals surface area contributed by atoms with Gasteiger partial charge in [0, 0.05) is 18.0 Å². The fraction of sp³-hybridized carbons (Fsp3) is 0.611. The lowest BCUT2D eigenvalue weighted by Gasteiger charge is -2.62. The Balaban J connectivity index is 1.88. The summed E-state index contributed by atoms with van der Waals surface area (Å²) in [6, 6.07) is 4.35. The molecule has 1 saturated heterocycles. The van der Waals surface area contributed by atoms with Gasteiger partial charge < -0.3 is 14.7 Å². The minimum atomic E-state index is -0.843. The van der Waals surface area contributed by atoms with Gasteiger partial charge in [0.15, 0.2) is 11.9 Å². The van der Waals surface area contributed by atoms with E-state index >= 15 is 0 Å². The number of likely N-dealkylation sites (tertiary alicyclic amines) is 1. The zero-order chi connectivity index (χ0) is 15.3. The maximum absolute atomic E-state index is 12.6. The first-order chi connectivity index (χ1) is 10.5. The van der Waals surface area contributed by atoms with Crippen LogP contribution in [-0.4, -0.2) is 47.1 Å². The highest BCUT2D eigenvalue weighted by Crippen LogP contribution is 2.63. The molecule has 4 heteroatoms. The topological polar surface area (TPSA) is 49.8 Å². The lowest BCUT2D eigenvalue weighted by atomic mass is 9.49. The second kappa shape index (κ2) is 3.74. The van der Waals surface area contributed by atoms with E-state index in [1.807, 2.05) is 6.92 Å². The molecule has 1 aromatic carbocycles. The van der Waals surface area contributed by atoms with E-state index in [-0.39, 0.29) is 11.8 Å². The Morgan fingerprint density at radius 3 is 3.00 bits per heavy atom. The molecule has 4 aliphatic rings. The molecule has 0 unspecified atom stereocenters. The van der Waals surface area contributed by atoms with Crippen LogP contribution in [0.4, 0.5) is 0 Å². The van der Waals surface area contributed by atoms with Crippen LogP contribution < -0.4 is 4.74 Å². The number of carbonyl (C=O) groups is 1. The van der Waals surface area contributed by atoms with Crippen molar-refractivity contribution in [3.05, 3.63) is 28.8 Å². The van der Waals surface area contributed by atoms with Crippen LogP contribution in [0.1, 0.15) is 36.0 Å². The second-order valence-corrected chi connectivity index (χ2v) is 7.56. The first-order valence-electron chi connectivity index (χ1n) is 8.24. The minimum absolute atomic E-state index is 0.0848. The van der Waals surface area contributed by atoms with Crippen LogP contribution >= 0.6 is 0 Å². The van der Waals surface area contributed by atoms with Crippen molar-refractivity contribution in [2.45, 2.75) is 55.8 Å². The average molecular weight is 299 g/mol. The number of aliphatic hydroxyl groups is 1. The zero-order valence-corrected chi connectivity index (χ0v) is 13.1. The maximum Gasteiger partial charge on any atom is 0.174 e. The molecule has 1 N–H and O–H groups in total. The fourth-order valence-electron chi connectivity index (χ4n) is 5.68. The van der Waals surface area contributed by atoms with Crippen LogP contribution in [0.2, 0.25) is 0 Å². The van der Waals surface area contributed by atoms with Gasteiger partial charge in [0.2, 0.25) is 0 Å². The normalized spacial score (nSPS) is 42.0. The standard InChI is InChI=1S/C18H21NO3/c1-10-3-4-11-9-13-18(21)6-5-12(20)16-17(18,7-8-19(13)2)14(11)15(10)22-16/h3-4,13,16,21H,5-9H2,1-2H3/t13-,16+,17+,18-/m1/s1. The van der Waals surface area contributed by atoms with Gasteiger partial charge in [0.1, 0.15) is 5.75 Å². The van der Waals surface area contributed by atoms with Gasteiger partial charge in [-0.25, -0.2) is 0 Å². The number of carbonyl (C=O) groups excluding carboxylic acids is 1. The SMILES string of the molecule is Cc1ccc2c3c1O[C@H]1C(=O)CC[C@@]4(O)[C@@H](C2)N(C)CC[C@]314. The monoisotopic (exact) mass is 299 g/mol. The average Bonchev–Trinajstić information content (AvgIpc) is 2.85. The molecule has 116 valence electrons. The van der Waals surface area contributed by atoms with Crippen LogP contribution in [0.3, 0.4) is 0 Å². The smallest absolute Gasteiger partial charge is 0.174 e. The van der Waals surface area contributed by atoms with Crippen molar-refractivity contribution in [2.24, 2.45) is 0 Å². The summed E-state index contributed by atoms with van der Waals surface area (Å²) in [6.07, 6.45) is 2.15. The van der Waals surface area contributed by atoms with Gasteiger partial charge in [0.05, 0.1) is 11.0 Å². The van der Waals surface area contributed by atoms with Crippen LogP contribution in [0.25, 0.3) is 0 Å². The Kier molecular flexibility index (Phi) is 2.23. The van der Waals surface area contributed by atoms with Crippen LogP contribution in [0, 0.1) is 6.92 Å². The van der Waals surface area contributed by atoms with Gasteiger partial charge in [-0.15, -0.1) is 0 Å². The van der Waals surface area contributed by atoms with E-state index in [1.165, 1.54) is 5.56 Å². The van der Waals surface area contributed by atoms with E-state index in [0.717, 1.165) is 36.3 Å². The summed E-state index contributed by atoms with van der Waals surface area (Å²) in [5.41, 5.74) is 2.13. The molecule has 1 spiro atoms. The van der Waals surface area contributed by atoms with Gasteiger partial charge in [0.25, 0.3) is 0 Å². The van der Waals surface area contributed by atoms with Crippen molar-refractivity contribution in [1.82, 2.24) is 4.90 Å². The van der Waals surface area contributed by atoms with Crippen molar-refractivity contribution < 1.29 is 14.6 Å². The van der Waals surface area contributed by atoms with Gasteiger partial charge in [-0.1, -0.05) is 12.1 Å². The number of Topliss-reactive ketones (excluding diaryl/α,β-unsaturated/α-hetero) is 1. The summed E-state index contributed by atoms with van der Waals surface area (Å²) in [5, 5.41) is 11.7. The summed E-state index contributed by atoms with van der Waals surface area (Å²) in [7, 11) is 2.09. The number of likely N-dealkylation sites (N-methyl/N-ethyl adjacent to an activating group) is 1. The third kappa shape index (κ3) is 1.16. The Labute approximate surface area is 130 Å². The van der Waals surface area contributed by atoms with E-state index in [2.05, 4.69) is 24.1 Å². The predicted octanol–water partition coefficient (Wildman–Crippen LogP) is 1.35. The number of aryl methyl sites for hydroxylation is 1. The van der Waals surface area contributed by atoms with E-state index in [0.29, 0.717) is 12.8 Å². The Hall–Kier alpha value is -1.39. The molecule has 4 atom stereocenters. The molecule has 22 heavy (non-hydrogen) atoms. The van der Waals surface area contributed by atoms with Crippen molar-refractivity contribution in [3.8, 4) is 5.75 Å². The predicted molar refractivity (Wildman–Crippen MR) is 81.2 cm³/mol. The number of piperidine rings is 1. The molecular weight excluding hydrogens is 278 g/mol. The number of ether oxygens (including phenoxy) is 1. The highest BCUT2D eigenvalue weighted by atomic mass is 16.5. The molecule has 2 fully saturated rings. The van der Waals surface area contributed by atoms with Crippen LogP contribution in [0.15, 0.2) is 12.1 Å². The van der Waals surface area contributed by atoms with E-state index < -0.39 is 17.1 Å². The van der Waals surface area contributed by atoms with Crippen LogP contribution in [-0.2, 0) is 16.6 Å². The second-order valence-electron chi connectivity index (χ2n) is 7.56. The molecule has 2 bridgehead atoms. The quantitative estimate of drug-likeness (QED) is 0.785. The Bertz CT molecular complexity index is 715. The summed E-state index contributed by atoms with van der Waals surface area (Å²) in [4.78, 5) is 14.9. The molecule has 2 heterocycles. The number of nitrogens with zero attached hydrogens (tertiary/aromatic N) is 1. The molecule has 0 radical (unpaired) electrons. The molecule has 0 aromatic heterocycles.